The number of aromatic nitrogens is 2. The number of carbonyl (C=O) groups is 1. The van der Waals surface area contributed by atoms with Gasteiger partial charge in [-0.15, -0.1) is 0 Å². The van der Waals surface area contributed by atoms with E-state index in [0.29, 0.717) is 18.8 Å². The first-order valence-corrected chi connectivity index (χ1v) is 4.68. The van der Waals surface area contributed by atoms with E-state index < -0.39 is 5.97 Å². The van der Waals surface area contributed by atoms with Crippen LogP contribution >= 0.6 is 0 Å². The number of hydrogen-bond donors (Lipinski definition) is 1. The third-order valence-corrected chi connectivity index (χ3v) is 2.46. The summed E-state index contributed by atoms with van der Waals surface area (Å²) in [5, 5.41) is 4.07. The summed E-state index contributed by atoms with van der Waals surface area (Å²) in [4.78, 5) is 11.2. The SMILES string of the molecule is COC(=O)c1cnn([C@@H]2COC[C@@H]2N)c1. The molecule has 6 nitrogen and oxygen atoms in total. The summed E-state index contributed by atoms with van der Waals surface area (Å²) in [6.07, 6.45) is 3.10. The Morgan fingerprint density at radius 3 is 3.13 bits per heavy atom. The van der Waals surface area contributed by atoms with Crippen molar-refractivity contribution in [3.8, 4) is 0 Å². The zero-order valence-corrected chi connectivity index (χ0v) is 8.42. The largest absolute Gasteiger partial charge is 0.465 e. The van der Waals surface area contributed by atoms with Crippen LogP contribution in [0.4, 0.5) is 0 Å². The number of hydrogen-bond acceptors (Lipinski definition) is 5. The van der Waals surface area contributed by atoms with Crippen LogP contribution in [0.2, 0.25) is 0 Å². The van der Waals surface area contributed by atoms with E-state index in [1.807, 2.05) is 0 Å². The molecule has 0 aromatic carbocycles. The zero-order valence-electron chi connectivity index (χ0n) is 8.42. The maximum atomic E-state index is 11.2. The summed E-state index contributed by atoms with van der Waals surface area (Å²) in [7, 11) is 1.34. The van der Waals surface area contributed by atoms with Crippen molar-refractivity contribution >= 4 is 5.97 Å². The molecular weight excluding hydrogens is 198 g/mol. The molecule has 0 unspecified atom stereocenters. The van der Waals surface area contributed by atoms with Gasteiger partial charge in [0.05, 0.1) is 44.2 Å². The first-order chi connectivity index (χ1) is 7.22. The van der Waals surface area contributed by atoms with Crippen LogP contribution in [0, 0.1) is 0 Å². The van der Waals surface area contributed by atoms with E-state index in [1.54, 1.807) is 10.9 Å². The summed E-state index contributed by atoms with van der Waals surface area (Å²) in [5.74, 6) is -0.395. The Labute approximate surface area is 87.0 Å². The molecule has 0 amide bonds. The molecule has 1 aliphatic rings. The number of nitrogens with zero attached hydrogens (tertiary/aromatic N) is 2. The van der Waals surface area contributed by atoms with Crippen LogP contribution < -0.4 is 5.73 Å². The van der Waals surface area contributed by atoms with Gasteiger partial charge in [-0.05, 0) is 0 Å². The van der Waals surface area contributed by atoms with Crippen molar-refractivity contribution in [1.29, 1.82) is 0 Å². The maximum Gasteiger partial charge on any atom is 0.341 e. The fraction of sp³-hybridized carbons (Fsp3) is 0.556. The van der Waals surface area contributed by atoms with E-state index in [0.717, 1.165) is 0 Å². The Balaban J connectivity index is 2.16. The predicted molar refractivity (Wildman–Crippen MR) is 51.4 cm³/mol. The second kappa shape index (κ2) is 4.00. The van der Waals surface area contributed by atoms with Gasteiger partial charge >= 0.3 is 5.97 Å². The van der Waals surface area contributed by atoms with Crippen LogP contribution in [0.25, 0.3) is 0 Å². The standard InChI is InChI=1S/C9H13N3O3/c1-14-9(13)6-2-11-12(3-6)8-5-15-4-7(8)10/h2-3,7-8H,4-5,10H2,1H3/t7-,8+/m0/s1. The number of methoxy groups -OCH3 is 1. The molecule has 2 N–H and O–H groups in total. The highest BCUT2D eigenvalue weighted by Crippen LogP contribution is 2.17. The molecule has 0 bridgehead atoms. The summed E-state index contributed by atoms with van der Waals surface area (Å²) in [6, 6.07) is -0.0706. The normalized spacial score (nSPS) is 25.5. The van der Waals surface area contributed by atoms with Crippen LogP contribution in [-0.2, 0) is 9.47 Å². The number of esters is 1. The topological polar surface area (TPSA) is 79.4 Å². The minimum atomic E-state index is -0.395. The first-order valence-electron chi connectivity index (χ1n) is 4.68. The Hall–Kier alpha value is -1.40. The molecule has 1 fully saturated rings. The van der Waals surface area contributed by atoms with Gasteiger partial charge < -0.3 is 15.2 Å². The minimum absolute atomic E-state index is 0.00315. The lowest BCUT2D eigenvalue weighted by molar-refractivity contribution is 0.0600. The lowest BCUT2D eigenvalue weighted by atomic mass is 10.2. The number of carbonyl (C=O) groups excluding carboxylic acids is 1. The highest BCUT2D eigenvalue weighted by Gasteiger charge is 2.27. The number of rotatable bonds is 2. The van der Waals surface area contributed by atoms with Gasteiger partial charge in [-0.3, -0.25) is 4.68 Å². The summed E-state index contributed by atoms with van der Waals surface area (Å²) >= 11 is 0. The molecule has 1 aromatic rings. The molecule has 1 aliphatic heterocycles. The van der Waals surface area contributed by atoms with Crippen molar-refractivity contribution in [3.63, 3.8) is 0 Å². The van der Waals surface area contributed by atoms with E-state index in [2.05, 4.69) is 9.84 Å². The van der Waals surface area contributed by atoms with Gasteiger partial charge in [-0.1, -0.05) is 0 Å². The molecular formula is C9H13N3O3. The van der Waals surface area contributed by atoms with Gasteiger partial charge in [0.1, 0.15) is 0 Å². The van der Waals surface area contributed by atoms with Crippen LogP contribution in [0.15, 0.2) is 12.4 Å². The van der Waals surface area contributed by atoms with Gasteiger partial charge in [0.25, 0.3) is 0 Å². The third kappa shape index (κ3) is 1.86. The molecule has 2 rings (SSSR count). The Bertz CT molecular complexity index is 363. The summed E-state index contributed by atoms with van der Waals surface area (Å²) < 4.78 is 11.5. The highest BCUT2D eigenvalue weighted by molar-refractivity contribution is 5.88. The predicted octanol–water partition coefficient (Wildman–Crippen LogP) is -0.432. The van der Waals surface area contributed by atoms with E-state index >= 15 is 0 Å². The fourth-order valence-corrected chi connectivity index (χ4v) is 1.57. The maximum absolute atomic E-state index is 11.2. The molecule has 0 saturated carbocycles. The van der Waals surface area contributed by atoms with Crippen molar-refractivity contribution < 1.29 is 14.3 Å². The fourth-order valence-electron chi connectivity index (χ4n) is 1.57. The molecule has 82 valence electrons. The smallest absolute Gasteiger partial charge is 0.341 e. The van der Waals surface area contributed by atoms with Crippen molar-refractivity contribution in [2.24, 2.45) is 5.73 Å². The van der Waals surface area contributed by atoms with Crippen LogP contribution in [0.1, 0.15) is 16.4 Å². The monoisotopic (exact) mass is 211 g/mol. The average molecular weight is 211 g/mol. The highest BCUT2D eigenvalue weighted by atomic mass is 16.5. The van der Waals surface area contributed by atoms with Gasteiger partial charge in [0.2, 0.25) is 0 Å². The first kappa shape index (κ1) is 10.1. The van der Waals surface area contributed by atoms with Crippen molar-refractivity contribution in [2.75, 3.05) is 20.3 Å². The zero-order chi connectivity index (χ0) is 10.8. The Morgan fingerprint density at radius 1 is 1.73 bits per heavy atom. The Morgan fingerprint density at radius 2 is 2.53 bits per heavy atom. The van der Waals surface area contributed by atoms with Crippen LogP contribution in [0.3, 0.4) is 0 Å². The van der Waals surface area contributed by atoms with Gasteiger partial charge in [0, 0.05) is 6.20 Å². The van der Waals surface area contributed by atoms with Gasteiger partial charge in [0.15, 0.2) is 0 Å². The lowest BCUT2D eigenvalue weighted by Gasteiger charge is -2.12. The van der Waals surface area contributed by atoms with Crippen LogP contribution in [-0.4, -0.2) is 42.1 Å². The molecule has 1 saturated heterocycles. The van der Waals surface area contributed by atoms with Crippen molar-refractivity contribution in [2.45, 2.75) is 12.1 Å². The van der Waals surface area contributed by atoms with Crippen LogP contribution in [0.5, 0.6) is 0 Å². The molecule has 6 heteroatoms. The molecule has 0 aliphatic carbocycles. The van der Waals surface area contributed by atoms with E-state index in [9.17, 15) is 4.79 Å². The quantitative estimate of drug-likeness (QED) is 0.671. The molecule has 2 atom stereocenters. The van der Waals surface area contributed by atoms with Gasteiger partial charge in [-0.25, -0.2) is 4.79 Å². The minimum Gasteiger partial charge on any atom is -0.465 e. The molecule has 0 radical (unpaired) electrons. The van der Waals surface area contributed by atoms with Crippen molar-refractivity contribution in [1.82, 2.24) is 9.78 Å². The number of nitrogens with two attached hydrogens (primary N) is 1. The Kier molecular flexibility index (Phi) is 2.70. The van der Waals surface area contributed by atoms with E-state index in [4.69, 9.17) is 10.5 Å². The summed E-state index contributed by atoms with van der Waals surface area (Å²) in [5.41, 5.74) is 6.25. The second-order valence-electron chi connectivity index (χ2n) is 3.47. The van der Waals surface area contributed by atoms with Crippen molar-refractivity contribution in [3.05, 3.63) is 18.0 Å². The van der Waals surface area contributed by atoms with E-state index in [1.165, 1.54) is 13.3 Å². The summed E-state index contributed by atoms with van der Waals surface area (Å²) in [6.45, 7) is 1.06. The average Bonchev–Trinajstić information content (AvgIpc) is 2.84. The van der Waals surface area contributed by atoms with E-state index in [-0.39, 0.29) is 12.1 Å². The number of ether oxygens (including phenoxy) is 2. The molecule has 0 spiro atoms. The molecule has 15 heavy (non-hydrogen) atoms. The molecule has 1 aromatic heterocycles. The van der Waals surface area contributed by atoms with Gasteiger partial charge in [-0.2, -0.15) is 5.10 Å². The third-order valence-electron chi connectivity index (χ3n) is 2.46. The molecule has 2 heterocycles. The second-order valence-corrected chi connectivity index (χ2v) is 3.47. The lowest BCUT2D eigenvalue weighted by Crippen LogP contribution is -2.31.